The van der Waals surface area contributed by atoms with Gasteiger partial charge in [-0.3, -0.25) is 4.79 Å². The SMILES string of the molecule is CC(C)(C)OC(=O)NC1CCN(C(=O)C(NS(=O)(=O)c2ccc3cc(OC4CCCC4)ccc3c2)C(F)(F)c2cccc(Oc3ccccc3)c2)CC1. The predicted octanol–water partition coefficient (Wildman–Crippen LogP) is 7.91. The number of alkyl carbamates (subject to hydrolysis) is 1. The van der Waals surface area contributed by atoms with Gasteiger partial charge in [0, 0.05) is 24.7 Å². The number of nitrogens with one attached hydrogen (secondary N) is 2. The highest BCUT2D eigenvalue weighted by atomic mass is 32.2. The first-order valence-electron chi connectivity index (χ1n) is 17.9. The third-order valence-electron chi connectivity index (χ3n) is 9.31. The van der Waals surface area contributed by atoms with E-state index in [4.69, 9.17) is 14.2 Å². The Hall–Kier alpha value is -4.75. The van der Waals surface area contributed by atoms with Crippen molar-refractivity contribution < 1.29 is 41.0 Å². The van der Waals surface area contributed by atoms with Gasteiger partial charge in [0.15, 0.2) is 6.04 Å². The molecule has 1 aliphatic heterocycles. The van der Waals surface area contributed by atoms with E-state index < -0.39 is 45.2 Å². The van der Waals surface area contributed by atoms with E-state index in [2.05, 4.69) is 10.0 Å². The van der Waals surface area contributed by atoms with Crippen LogP contribution in [0.25, 0.3) is 10.8 Å². The van der Waals surface area contributed by atoms with Crippen LogP contribution in [0.2, 0.25) is 0 Å². The molecule has 2 aliphatic rings. The highest BCUT2D eigenvalue weighted by Crippen LogP contribution is 2.37. The van der Waals surface area contributed by atoms with Crippen LogP contribution in [0.5, 0.6) is 17.2 Å². The minimum absolute atomic E-state index is 0.00595. The number of benzene rings is 4. The number of halogens is 2. The van der Waals surface area contributed by atoms with Gasteiger partial charge in [-0.1, -0.05) is 42.5 Å². The van der Waals surface area contributed by atoms with Crippen LogP contribution in [0.3, 0.4) is 0 Å². The van der Waals surface area contributed by atoms with E-state index >= 15 is 8.78 Å². The molecule has 1 saturated heterocycles. The molecule has 2 N–H and O–H groups in total. The maximum atomic E-state index is 16.7. The number of sulfonamides is 1. The molecule has 0 spiro atoms. The molecular formula is C40H45F2N3O7S. The Balaban J connectivity index is 1.25. The summed E-state index contributed by atoms with van der Waals surface area (Å²) < 4.78 is 80.6. The molecule has 53 heavy (non-hydrogen) atoms. The van der Waals surface area contributed by atoms with Crippen molar-refractivity contribution >= 4 is 32.8 Å². The minimum Gasteiger partial charge on any atom is -0.490 e. The van der Waals surface area contributed by atoms with Crippen molar-refractivity contribution in [2.45, 2.75) is 93.9 Å². The molecule has 2 fully saturated rings. The van der Waals surface area contributed by atoms with E-state index in [9.17, 15) is 18.0 Å². The van der Waals surface area contributed by atoms with Crippen molar-refractivity contribution in [3.8, 4) is 17.2 Å². The van der Waals surface area contributed by atoms with Gasteiger partial charge < -0.3 is 24.4 Å². The number of likely N-dealkylation sites (tertiary alicyclic amines) is 1. The number of hydrogen-bond acceptors (Lipinski definition) is 7. The summed E-state index contributed by atoms with van der Waals surface area (Å²) in [6.07, 6.45) is 4.24. The average molecular weight is 750 g/mol. The second-order valence-electron chi connectivity index (χ2n) is 14.6. The summed E-state index contributed by atoms with van der Waals surface area (Å²) in [5.41, 5.74) is -1.32. The molecule has 4 aromatic rings. The van der Waals surface area contributed by atoms with Crippen LogP contribution in [0.1, 0.15) is 64.9 Å². The van der Waals surface area contributed by atoms with Crippen LogP contribution in [-0.2, 0) is 25.5 Å². The standard InChI is InChI=1S/C40H45F2N3O7S/c1-39(2,3)52-38(47)43-30-20-22-45(23-21-30)37(46)36(40(41,42)29-10-9-15-33(26-29)50-31-11-5-4-6-12-31)44-53(48,49)35-19-17-27-24-34(18-16-28(27)25-35)51-32-13-7-8-14-32/h4-6,9-12,15-19,24-26,30,32,36,44H,7-8,13-14,20-23H2,1-3H3,(H,43,47). The van der Waals surface area contributed by atoms with Gasteiger partial charge in [-0.2, -0.15) is 13.5 Å². The molecule has 4 aromatic carbocycles. The molecule has 1 atom stereocenters. The third kappa shape index (κ3) is 9.63. The number of hydrogen-bond donors (Lipinski definition) is 2. The average Bonchev–Trinajstić information content (AvgIpc) is 3.63. The molecule has 6 rings (SSSR count). The monoisotopic (exact) mass is 749 g/mol. The molecule has 1 saturated carbocycles. The number of fused-ring (bicyclic) bond motifs is 1. The number of amides is 2. The summed E-state index contributed by atoms with van der Waals surface area (Å²) in [5, 5.41) is 4.04. The zero-order chi connectivity index (χ0) is 37.8. The Morgan fingerprint density at radius 1 is 0.792 bits per heavy atom. The maximum absolute atomic E-state index is 16.7. The van der Waals surface area contributed by atoms with E-state index in [0.717, 1.165) is 43.2 Å². The number of para-hydroxylation sites is 1. The maximum Gasteiger partial charge on any atom is 0.407 e. The fourth-order valence-corrected chi connectivity index (χ4v) is 7.83. The topological polar surface area (TPSA) is 123 Å². The molecule has 0 aromatic heterocycles. The van der Waals surface area contributed by atoms with Gasteiger partial charge in [0.05, 0.1) is 11.0 Å². The first-order valence-corrected chi connectivity index (χ1v) is 19.4. The molecule has 1 heterocycles. The van der Waals surface area contributed by atoms with Crippen molar-refractivity contribution in [2.75, 3.05) is 13.1 Å². The number of rotatable bonds is 11. The van der Waals surface area contributed by atoms with Gasteiger partial charge in [0.2, 0.25) is 15.9 Å². The van der Waals surface area contributed by atoms with Crippen LogP contribution in [0.4, 0.5) is 13.6 Å². The summed E-state index contributed by atoms with van der Waals surface area (Å²) in [6.45, 7) is 5.22. The molecule has 13 heteroatoms. The van der Waals surface area contributed by atoms with Gasteiger partial charge in [0.25, 0.3) is 5.92 Å². The number of ether oxygens (including phenoxy) is 3. The Morgan fingerprint density at radius 2 is 1.45 bits per heavy atom. The van der Waals surface area contributed by atoms with Gasteiger partial charge in [-0.15, -0.1) is 0 Å². The molecule has 282 valence electrons. The number of alkyl halides is 2. The van der Waals surface area contributed by atoms with Crippen LogP contribution < -0.4 is 19.5 Å². The lowest BCUT2D eigenvalue weighted by Crippen LogP contribution is -2.58. The summed E-state index contributed by atoms with van der Waals surface area (Å²) in [7, 11) is -4.67. The molecule has 2 amide bonds. The first kappa shape index (κ1) is 38.0. The minimum atomic E-state index is -4.67. The van der Waals surface area contributed by atoms with E-state index in [-0.39, 0.29) is 48.7 Å². The zero-order valence-electron chi connectivity index (χ0n) is 30.0. The summed E-state index contributed by atoms with van der Waals surface area (Å²) in [4.78, 5) is 27.3. The van der Waals surface area contributed by atoms with Gasteiger partial charge in [-0.25, -0.2) is 13.2 Å². The molecule has 1 unspecified atom stereocenters. The highest BCUT2D eigenvalue weighted by Gasteiger charge is 2.50. The normalized spacial score (nSPS) is 16.7. The predicted molar refractivity (Wildman–Crippen MR) is 197 cm³/mol. The fraction of sp³-hybridized carbons (Fsp3) is 0.400. The smallest absolute Gasteiger partial charge is 0.407 e. The summed E-state index contributed by atoms with van der Waals surface area (Å²) in [5.74, 6) is -3.94. The van der Waals surface area contributed by atoms with Crippen LogP contribution in [0, 0.1) is 0 Å². The van der Waals surface area contributed by atoms with Crippen molar-refractivity contribution in [1.82, 2.24) is 14.9 Å². The van der Waals surface area contributed by atoms with E-state index in [1.807, 2.05) is 6.07 Å². The largest absolute Gasteiger partial charge is 0.490 e. The molecule has 1 aliphatic carbocycles. The molecule has 0 bridgehead atoms. The second-order valence-corrected chi connectivity index (χ2v) is 16.3. The van der Waals surface area contributed by atoms with Crippen LogP contribution in [-0.4, -0.2) is 62.2 Å². The van der Waals surface area contributed by atoms with E-state index in [0.29, 0.717) is 16.9 Å². The lowest BCUT2D eigenvalue weighted by molar-refractivity contribution is -0.145. The summed E-state index contributed by atoms with van der Waals surface area (Å²) in [6, 6.07) is 20.4. The van der Waals surface area contributed by atoms with Gasteiger partial charge in [-0.05, 0) is 119 Å². The van der Waals surface area contributed by atoms with Gasteiger partial charge in [0.1, 0.15) is 22.8 Å². The van der Waals surface area contributed by atoms with Crippen LogP contribution >= 0.6 is 0 Å². The van der Waals surface area contributed by atoms with Gasteiger partial charge >= 0.3 is 6.09 Å². The number of carbonyl (C=O) groups is 2. The molecule has 0 radical (unpaired) electrons. The highest BCUT2D eigenvalue weighted by molar-refractivity contribution is 7.89. The number of piperidine rings is 1. The number of carbonyl (C=O) groups excluding carboxylic acids is 2. The Kier molecular flexibility index (Phi) is 11.2. The second kappa shape index (κ2) is 15.7. The molecule has 10 nitrogen and oxygen atoms in total. The third-order valence-corrected chi connectivity index (χ3v) is 10.7. The lowest BCUT2D eigenvalue weighted by Gasteiger charge is -2.36. The Labute approximate surface area is 308 Å². The zero-order valence-corrected chi connectivity index (χ0v) is 30.8. The lowest BCUT2D eigenvalue weighted by atomic mass is 9.98. The fourth-order valence-electron chi connectivity index (χ4n) is 6.60. The van der Waals surface area contributed by atoms with Crippen molar-refractivity contribution in [2.24, 2.45) is 0 Å². The first-order chi connectivity index (χ1) is 25.2. The Bertz CT molecular complexity index is 2030. The molecular weight excluding hydrogens is 705 g/mol. The van der Waals surface area contributed by atoms with Crippen molar-refractivity contribution in [3.05, 3.63) is 96.6 Å². The van der Waals surface area contributed by atoms with Crippen LogP contribution in [0.15, 0.2) is 95.9 Å². The number of nitrogens with zero attached hydrogens (tertiary/aromatic N) is 1. The summed E-state index contributed by atoms with van der Waals surface area (Å²) >= 11 is 0. The Morgan fingerprint density at radius 3 is 2.15 bits per heavy atom. The van der Waals surface area contributed by atoms with E-state index in [1.54, 1.807) is 69.3 Å². The van der Waals surface area contributed by atoms with Crippen molar-refractivity contribution in [1.29, 1.82) is 0 Å². The quantitative estimate of drug-likeness (QED) is 0.160. The van der Waals surface area contributed by atoms with E-state index in [1.165, 1.54) is 29.2 Å². The van der Waals surface area contributed by atoms with Crippen molar-refractivity contribution in [3.63, 3.8) is 0 Å².